The molecule has 0 rings (SSSR count). The maximum atomic E-state index is 11.0. The first-order valence-corrected chi connectivity index (χ1v) is 8.78. The molecule has 1 N–H and O–H groups in total. The van der Waals surface area contributed by atoms with Crippen LogP contribution in [0.25, 0.3) is 0 Å². The summed E-state index contributed by atoms with van der Waals surface area (Å²) in [6, 6.07) is 0. The van der Waals surface area contributed by atoms with Crippen LogP contribution in [0, 0.1) is 0 Å². The van der Waals surface area contributed by atoms with Crippen LogP contribution in [0.4, 0.5) is 0 Å². The van der Waals surface area contributed by atoms with Crippen molar-refractivity contribution in [3.05, 3.63) is 0 Å². The molecule has 0 radical (unpaired) electrons. The van der Waals surface area contributed by atoms with E-state index in [-0.39, 0.29) is 6.61 Å². The molecule has 0 aliphatic carbocycles. The molecule has 0 aromatic heterocycles. The molecule has 4 nitrogen and oxygen atoms in total. The number of carbonyl (C=O) groups excluding carboxylic acids is 1. The molecule has 0 heterocycles. The van der Waals surface area contributed by atoms with Gasteiger partial charge in [0.25, 0.3) is 0 Å². The molecular weight excluding hydrogens is 248 g/mol. The van der Waals surface area contributed by atoms with Gasteiger partial charge in [0.2, 0.25) is 14.6 Å². The lowest BCUT2D eigenvalue weighted by Gasteiger charge is -2.43. The van der Waals surface area contributed by atoms with Gasteiger partial charge in [-0.25, -0.2) is 0 Å². The summed E-state index contributed by atoms with van der Waals surface area (Å²) >= 11 is 0. The Morgan fingerprint density at radius 1 is 1.06 bits per heavy atom. The van der Waals surface area contributed by atoms with E-state index in [9.17, 15) is 9.90 Å². The number of ether oxygens (including phenoxy) is 1. The molecule has 0 amide bonds. The van der Waals surface area contributed by atoms with Gasteiger partial charge in [0.05, 0.1) is 0 Å². The lowest BCUT2D eigenvalue weighted by atomic mass is 10.5. The van der Waals surface area contributed by atoms with E-state index in [0.717, 1.165) is 0 Å². The molecule has 108 valence electrons. The molecule has 0 spiro atoms. The molecular formula is C13H28O4Si. The van der Waals surface area contributed by atoms with Crippen molar-refractivity contribution < 1.29 is 19.1 Å². The van der Waals surface area contributed by atoms with E-state index < -0.39 is 20.6 Å². The van der Waals surface area contributed by atoms with Gasteiger partial charge < -0.3 is 14.3 Å². The zero-order valence-electron chi connectivity index (χ0n) is 12.7. The second-order valence-corrected chi connectivity index (χ2v) is 11.1. The van der Waals surface area contributed by atoms with E-state index in [2.05, 4.69) is 41.5 Å². The van der Waals surface area contributed by atoms with E-state index >= 15 is 0 Å². The normalized spacial score (nSPS) is 14.4. The average molecular weight is 276 g/mol. The number of rotatable bonds is 7. The Morgan fingerprint density at radius 3 is 1.67 bits per heavy atom. The van der Waals surface area contributed by atoms with Crippen LogP contribution in [0.2, 0.25) is 16.6 Å². The monoisotopic (exact) mass is 276 g/mol. The Kier molecular flexibility index (Phi) is 7.10. The van der Waals surface area contributed by atoms with Crippen LogP contribution in [0.1, 0.15) is 48.5 Å². The molecule has 18 heavy (non-hydrogen) atoms. The van der Waals surface area contributed by atoms with E-state index in [0.29, 0.717) is 16.6 Å². The number of hydrogen-bond acceptors (Lipinski definition) is 4. The smallest absolute Gasteiger partial charge is 0.304 e. The molecule has 5 heteroatoms. The van der Waals surface area contributed by atoms with Crippen molar-refractivity contribution in [2.45, 2.75) is 71.4 Å². The summed E-state index contributed by atoms with van der Waals surface area (Å²) in [7, 11) is -2.12. The maximum absolute atomic E-state index is 11.0. The Morgan fingerprint density at radius 2 is 1.44 bits per heavy atom. The van der Waals surface area contributed by atoms with Gasteiger partial charge in [-0.15, -0.1) is 0 Å². The van der Waals surface area contributed by atoms with Crippen molar-refractivity contribution in [1.29, 1.82) is 0 Å². The fraction of sp³-hybridized carbons (Fsp3) is 0.923. The highest BCUT2D eigenvalue weighted by atomic mass is 28.4. The molecule has 0 aliphatic heterocycles. The fourth-order valence-corrected chi connectivity index (χ4v) is 8.31. The number of aliphatic hydroxyl groups excluding tert-OH is 1. The Balaban J connectivity index is 5.14. The van der Waals surface area contributed by atoms with Crippen LogP contribution in [-0.2, 0) is 14.0 Å². The van der Waals surface area contributed by atoms with Gasteiger partial charge in [-0.3, -0.25) is 4.79 Å². The molecule has 0 saturated carbocycles. The summed E-state index contributed by atoms with van der Waals surface area (Å²) in [4.78, 5) is 11.0. The SMILES string of the molecule is CC(=O)O[C@@H](CO)O[Si](C(C)C)(C(C)C)C(C)C. The molecule has 0 unspecified atom stereocenters. The van der Waals surface area contributed by atoms with Gasteiger partial charge in [0.1, 0.15) is 6.61 Å². The van der Waals surface area contributed by atoms with Crippen molar-refractivity contribution in [3.8, 4) is 0 Å². The van der Waals surface area contributed by atoms with Crippen molar-refractivity contribution in [1.82, 2.24) is 0 Å². The highest BCUT2D eigenvalue weighted by Gasteiger charge is 2.47. The van der Waals surface area contributed by atoms with Crippen molar-refractivity contribution in [2.75, 3.05) is 6.61 Å². The number of hydrogen-bond donors (Lipinski definition) is 1. The first-order chi connectivity index (χ1) is 8.18. The van der Waals surface area contributed by atoms with E-state index in [1.54, 1.807) is 0 Å². The van der Waals surface area contributed by atoms with Crippen LogP contribution in [0.3, 0.4) is 0 Å². The maximum Gasteiger partial charge on any atom is 0.304 e. The third-order valence-corrected chi connectivity index (χ3v) is 9.57. The molecule has 1 atom stereocenters. The Hall–Kier alpha value is -0.393. The first-order valence-electron chi connectivity index (χ1n) is 6.64. The molecule has 0 fully saturated rings. The zero-order chi connectivity index (χ0) is 14.5. The number of esters is 1. The van der Waals surface area contributed by atoms with E-state index in [1.807, 2.05) is 0 Å². The van der Waals surface area contributed by atoms with Gasteiger partial charge in [0, 0.05) is 6.92 Å². The van der Waals surface area contributed by atoms with Gasteiger partial charge in [-0.1, -0.05) is 41.5 Å². The van der Waals surface area contributed by atoms with Crippen LogP contribution in [0.15, 0.2) is 0 Å². The Bertz CT molecular complexity index is 242. The van der Waals surface area contributed by atoms with Gasteiger partial charge >= 0.3 is 5.97 Å². The summed E-state index contributed by atoms with van der Waals surface area (Å²) in [5.74, 6) is -0.423. The standard InChI is InChI=1S/C13H28O4Si/c1-9(2)18(10(3)4,11(5)6)17-13(8-14)16-12(7)15/h9-11,13-14H,8H2,1-7H3/t13-/m1/s1. The third-order valence-electron chi connectivity index (χ3n) is 3.49. The van der Waals surface area contributed by atoms with Gasteiger partial charge in [-0.2, -0.15) is 0 Å². The Labute approximate surface area is 112 Å². The number of carbonyl (C=O) groups is 1. The minimum Gasteiger partial charge on any atom is -0.434 e. The van der Waals surface area contributed by atoms with Crippen LogP contribution < -0.4 is 0 Å². The zero-order valence-corrected chi connectivity index (χ0v) is 13.7. The summed E-state index contributed by atoms with van der Waals surface area (Å²) in [5.41, 5.74) is 1.17. The molecule has 0 aromatic rings. The van der Waals surface area contributed by atoms with Crippen LogP contribution in [-0.4, -0.2) is 32.3 Å². The lowest BCUT2D eigenvalue weighted by Crippen LogP contribution is -2.51. The van der Waals surface area contributed by atoms with E-state index in [4.69, 9.17) is 9.16 Å². The second kappa shape index (κ2) is 7.26. The lowest BCUT2D eigenvalue weighted by molar-refractivity contribution is -0.168. The first kappa shape index (κ1) is 17.6. The topological polar surface area (TPSA) is 55.8 Å². The summed E-state index contributed by atoms with van der Waals surface area (Å²) in [5, 5.41) is 9.30. The quantitative estimate of drug-likeness (QED) is 0.441. The second-order valence-electron chi connectivity index (χ2n) is 5.66. The predicted octanol–water partition coefficient (Wildman–Crippen LogP) is 3.06. The molecule has 0 bridgehead atoms. The number of aliphatic hydroxyl groups is 1. The molecule has 0 aliphatic rings. The minimum atomic E-state index is -2.12. The summed E-state index contributed by atoms with van der Waals surface area (Å²) in [6.45, 7) is 13.9. The molecule has 0 aromatic carbocycles. The predicted molar refractivity (Wildman–Crippen MR) is 74.8 cm³/mol. The fourth-order valence-electron chi connectivity index (χ4n) is 2.92. The van der Waals surface area contributed by atoms with Gasteiger partial charge in [-0.05, 0) is 16.6 Å². The van der Waals surface area contributed by atoms with Crippen molar-refractivity contribution >= 4 is 14.3 Å². The van der Waals surface area contributed by atoms with Crippen molar-refractivity contribution in [2.24, 2.45) is 0 Å². The molecule has 0 saturated heterocycles. The van der Waals surface area contributed by atoms with E-state index in [1.165, 1.54) is 6.92 Å². The van der Waals surface area contributed by atoms with Crippen LogP contribution >= 0.6 is 0 Å². The highest BCUT2D eigenvalue weighted by Crippen LogP contribution is 2.43. The third kappa shape index (κ3) is 4.07. The average Bonchev–Trinajstić information content (AvgIpc) is 2.21. The largest absolute Gasteiger partial charge is 0.434 e. The summed E-state index contributed by atoms with van der Waals surface area (Å²) in [6.07, 6.45) is -0.832. The van der Waals surface area contributed by atoms with Gasteiger partial charge in [0.15, 0.2) is 0 Å². The van der Waals surface area contributed by atoms with Crippen molar-refractivity contribution in [3.63, 3.8) is 0 Å². The van der Waals surface area contributed by atoms with Crippen LogP contribution in [0.5, 0.6) is 0 Å². The summed E-state index contributed by atoms with van der Waals surface area (Å²) < 4.78 is 11.2. The highest BCUT2D eigenvalue weighted by molar-refractivity contribution is 6.77. The minimum absolute atomic E-state index is 0.291.